The van der Waals surface area contributed by atoms with Crippen LogP contribution in [0.3, 0.4) is 0 Å². The minimum Gasteiger partial charge on any atom is -0.461 e. The largest absolute Gasteiger partial charge is 0.461 e. The first-order valence-corrected chi connectivity index (χ1v) is 6.55. The Morgan fingerprint density at radius 1 is 1.21 bits per heavy atom. The maximum absolute atomic E-state index is 5.69. The van der Waals surface area contributed by atoms with Crippen LogP contribution in [-0.4, -0.2) is 20.9 Å². The number of nitrogens with zero attached hydrogens (tertiary/aromatic N) is 3. The van der Waals surface area contributed by atoms with E-state index in [9.17, 15) is 0 Å². The molecule has 98 valence electrons. The zero-order valence-corrected chi connectivity index (χ0v) is 11.4. The molecule has 0 spiro atoms. The first-order chi connectivity index (χ1) is 9.16. The summed E-state index contributed by atoms with van der Waals surface area (Å²) in [6.07, 6.45) is 4.15. The molecule has 0 aliphatic carbocycles. The molecule has 0 N–H and O–H groups in total. The summed E-state index contributed by atoms with van der Waals surface area (Å²) in [7, 11) is 0. The lowest BCUT2D eigenvalue weighted by molar-refractivity contribution is 0.218. The van der Waals surface area contributed by atoms with Gasteiger partial charge in [0, 0.05) is 12.1 Å². The highest BCUT2D eigenvalue weighted by molar-refractivity contribution is 5.67. The van der Waals surface area contributed by atoms with Crippen molar-refractivity contribution in [2.75, 3.05) is 0 Å². The van der Waals surface area contributed by atoms with Gasteiger partial charge < -0.3 is 4.74 Å². The molecule has 1 unspecified atom stereocenters. The van der Waals surface area contributed by atoms with Crippen molar-refractivity contribution in [3.63, 3.8) is 0 Å². The molecule has 19 heavy (non-hydrogen) atoms. The van der Waals surface area contributed by atoms with Crippen LogP contribution >= 0.6 is 0 Å². The van der Waals surface area contributed by atoms with Crippen LogP contribution in [0.2, 0.25) is 0 Å². The van der Waals surface area contributed by atoms with Gasteiger partial charge in [-0.05, 0) is 31.1 Å². The van der Waals surface area contributed by atoms with Crippen molar-refractivity contribution < 1.29 is 4.74 Å². The molecule has 1 atom stereocenters. The molecule has 2 heterocycles. The number of hydrogen-bond acceptors (Lipinski definition) is 3. The van der Waals surface area contributed by atoms with Gasteiger partial charge in [0.1, 0.15) is 5.82 Å². The van der Waals surface area contributed by atoms with Crippen LogP contribution in [0.15, 0.2) is 24.3 Å². The van der Waals surface area contributed by atoms with Crippen molar-refractivity contribution in [2.24, 2.45) is 0 Å². The Balaban J connectivity index is 2.10. The van der Waals surface area contributed by atoms with E-state index in [1.807, 2.05) is 30.7 Å². The fraction of sp³-hybridized carbons (Fsp3) is 0.333. The Hall–Kier alpha value is -2.10. The summed E-state index contributed by atoms with van der Waals surface area (Å²) in [5, 5.41) is 8.43. The summed E-state index contributed by atoms with van der Waals surface area (Å²) in [6, 6.07) is 8.91. The van der Waals surface area contributed by atoms with E-state index in [1.54, 1.807) is 0 Å². The lowest BCUT2D eigenvalue weighted by Gasteiger charge is -2.12. The second-order valence-electron chi connectivity index (χ2n) is 5.04. The Bertz CT molecular complexity index is 628. The quantitative estimate of drug-likeness (QED) is 0.827. The van der Waals surface area contributed by atoms with Crippen LogP contribution in [-0.2, 0) is 0 Å². The minimum absolute atomic E-state index is 0.0858. The van der Waals surface area contributed by atoms with Crippen molar-refractivity contribution in [3.8, 4) is 6.01 Å². The third-order valence-corrected chi connectivity index (χ3v) is 3.28. The molecule has 3 rings (SSSR count). The predicted octanol–water partition coefficient (Wildman–Crippen LogP) is 3.16. The van der Waals surface area contributed by atoms with Crippen LogP contribution in [0.25, 0.3) is 12.3 Å². The third-order valence-electron chi connectivity index (χ3n) is 3.28. The van der Waals surface area contributed by atoms with Crippen molar-refractivity contribution in [1.29, 1.82) is 0 Å². The molecule has 0 saturated carbocycles. The van der Waals surface area contributed by atoms with Gasteiger partial charge in [-0.2, -0.15) is 0 Å². The molecular weight excluding hydrogens is 238 g/mol. The number of ether oxygens (including phenoxy) is 1. The molecule has 0 saturated heterocycles. The molecule has 4 nitrogen and oxygen atoms in total. The number of aromatic nitrogens is 3. The SMILES string of the molecule is CC(C)Oc1nnc2n1C=Cc1ccccc1C2C. The molecule has 1 aliphatic heterocycles. The highest BCUT2D eigenvalue weighted by atomic mass is 16.5. The second kappa shape index (κ2) is 4.53. The molecule has 0 radical (unpaired) electrons. The summed E-state index contributed by atoms with van der Waals surface area (Å²) < 4.78 is 7.63. The van der Waals surface area contributed by atoms with Crippen LogP contribution in [0.5, 0.6) is 6.01 Å². The fourth-order valence-electron chi connectivity index (χ4n) is 2.37. The van der Waals surface area contributed by atoms with Crippen molar-refractivity contribution in [3.05, 3.63) is 41.2 Å². The maximum Gasteiger partial charge on any atom is 0.321 e. The molecular formula is C15H17N3O. The highest BCUT2D eigenvalue weighted by Gasteiger charge is 2.22. The Kier molecular flexibility index (Phi) is 2.85. The van der Waals surface area contributed by atoms with Crippen LogP contribution < -0.4 is 4.74 Å². The van der Waals surface area contributed by atoms with Gasteiger partial charge in [-0.25, -0.2) is 0 Å². The van der Waals surface area contributed by atoms with E-state index in [1.165, 1.54) is 11.1 Å². The Morgan fingerprint density at radius 2 is 2.00 bits per heavy atom. The minimum atomic E-state index is 0.0858. The van der Waals surface area contributed by atoms with Crippen LogP contribution in [0.1, 0.15) is 43.6 Å². The van der Waals surface area contributed by atoms with Crippen molar-refractivity contribution >= 4 is 12.3 Å². The number of benzene rings is 1. The summed E-state index contributed by atoms with van der Waals surface area (Å²) in [6.45, 7) is 6.12. The second-order valence-corrected chi connectivity index (χ2v) is 5.04. The molecule has 1 aromatic heterocycles. The van der Waals surface area contributed by atoms with Gasteiger partial charge in [0.25, 0.3) is 0 Å². The molecule has 0 amide bonds. The van der Waals surface area contributed by atoms with E-state index < -0.39 is 0 Å². The monoisotopic (exact) mass is 255 g/mol. The van der Waals surface area contributed by atoms with Gasteiger partial charge >= 0.3 is 6.01 Å². The van der Waals surface area contributed by atoms with E-state index in [2.05, 4.69) is 41.4 Å². The normalized spacial score (nSPS) is 16.9. The van der Waals surface area contributed by atoms with E-state index in [0.717, 1.165) is 5.82 Å². The molecule has 1 aromatic carbocycles. The summed E-state index contributed by atoms with van der Waals surface area (Å²) in [5.74, 6) is 1.11. The fourth-order valence-corrected chi connectivity index (χ4v) is 2.37. The molecule has 0 bridgehead atoms. The Morgan fingerprint density at radius 3 is 2.79 bits per heavy atom. The maximum atomic E-state index is 5.69. The van der Waals surface area contributed by atoms with Gasteiger partial charge in [0.15, 0.2) is 0 Å². The van der Waals surface area contributed by atoms with Crippen molar-refractivity contribution in [2.45, 2.75) is 32.8 Å². The first kappa shape index (κ1) is 12.0. The average Bonchev–Trinajstić information content (AvgIpc) is 2.71. The summed E-state index contributed by atoms with van der Waals surface area (Å²) in [5.41, 5.74) is 2.48. The lowest BCUT2D eigenvalue weighted by atomic mass is 9.96. The molecule has 4 heteroatoms. The number of fused-ring (bicyclic) bond motifs is 2. The van der Waals surface area contributed by atoms with Crippen LogP contribution in [0, 0.1) is 0 Å². The van der Waals surface area contributed by atoms with E-state index >= 15 is 0 Å². The van der Waals surface area contributed by atoms with Gasteiger partial charge in [-0.1, -0.05) is 36.3 Å². The first-order valence-electron chi connectivity index (χ1n) is 6.55. The van der Waals surface area contributed by atoms with Crippen LogP contribution in [0.4, 0.5) is 0 Å². The van der Waals surface area contributed by atoms with Gasteiger partial charge in [-0.15, -0.1) is 5.10 Å². The zero-order chi connectivity index (χ0) is 13.4. The molecule has 1 aliphatic rings. The van der Waals surface area contributed by atoms with Gasteiger partial charge in [-0.3, -0.25) is 4.57 Å². The third kappa shape index (κ3) is 2.03. The van der Waals surface area contributed by atoms with E-state index in [0.29, 0.717) is 6.01 Å². The molecule has 0 fully saturated rings. The predicted molar refractivity (Wildman–Crippen MR) is 75.0 cm³/mol. The standard InChI is InChI=1S/C15H17N3O/c1-10(2)19-15-17-16-14-11(3)13-7-5-4-6-12(13)8-9-18(14)15/h4-11H,1-3H3. The Labute approximate surface area is 112 Å². The smallest absolute Gasteiger partial charge is 0.321 e. The highest BCUT2D eigenvalue weighted by Crippen LogP contribution is 2.31. The lowest BCUT2D eigenvalue weighted by Crippen LogP contribution is -2.10. The topological polar surface area (TPSA) is 39.9 Å². The van der Waals surface area contributed by atoms with Gasteiger partial charge in [0.05, 0.1) is 6.10 Å². The van der Waals surface area contributed by atoms with Gasteiger partial charge in [0.2, 0.25) is 0 Å². The number of hydrogen-bond donors (Lipinski definition) is 0. The van der Waals surface area contributed by atoms with Crippen molar-refractivity contribution in [1.82, 2.24) is 14.8 Å². The summed E-state index contributed by atoms with van der Waals surface area (Å²) in [4.78, 5) is 0. The molecule has 2 aromatic rings. The van der Waals surface area contributed by atoms with E-state index in [-0.39, 0.29) is 12.0 Å². The number of rotatable bonds is 2. The average molecular weight is 255 g/mol. The zero-order valence-electron chi connectivity index (χ0n) is 11.4. The van der Waals surface area contributed by atoms with E-state index in [4.69, 9.17) is 4.74 Å². The summed E-state index contributed by atoms with van der Waals surface area (Å²) >= 11 is 0.